The first kappa shape index (κ1) is 28.4. The second-order valence-corrected chi connectivity index (χ2v) is 15.4. The molecule has 0 bridgehead atoms. The lowest BCUT2D eigenvalue weighted by Gasteiger charge is -2.35. The molecule has 0 spiro atoms. The molecule has 0 radical (unpaired) electrons. The monoisotopic (exact) mass is 468 g/mol. The number of rotatable bonds is 18. The van der Waals surface area contributed by atoms with Crippen molar-refractivity contribution in [1.82, 2.24) is 0 Å². The molecule has 0 atom stereocenters. The molecular weight excluding hydrogens is 420 g/mol. The SMILES string of the molecule is CCCCCC[Si](CCCCCC)(CCCCCC)c1cc(CC)ccc1S(=O)(=O)O. The first-order valence-electron chi connectivity index (χ1n) is 13.0. The lowest BCUT2D eigenvalue weighted by molar-refractivity contribution is 0.483. The van der Waals surface area contributed by atoms with E-state index in [0.29, 0.717) is 0 Å². The third kappa shape index (κ3) is 9.79. The highest BCUT2D eigenvalue weighted by atomic mass is 32.2. The molecule has 0 aliphatic heterocycles. The Morgan fingerprint density at radius 2 is 1.16 bits per heavy atom. The maximum atomic E-state index is 12.4. The number of benzene rings is 1. The third-order valence-corrected chi connectivity index (χ3v) is 13.4. The Hall–Kier alpha value is -0.653. The van der Waals surface area contributed by atoms with Crippen LogP contribution in [0.1, 0.15) is 110 Å². The topological polar surface area (TPSA) is 54.4 Å². The normalized spacial score (nSPS) is 12.4. The first-order chi connectivity index (χ1) is 14.8. The largest absolute Gasteiger partial charge is 0.294 e. The van der Waals surface area contributed by atoms with Crippen molar-refractivity contribution in [3.05, 3.63) is 23.8 Å². The van der Waals surface area contributed by atoms with E-state index in [-0.39, 0.29) is 4.90 Å². The summed E-state index contributed by atoms with van der Waals surface area (Å²) in [5.74, 6) is 0. The predicted molar refractivity (Wildman–Crippen MR) is 138 cm³/mol. The Labute approximate surface area is 194 Å². The summed E-state index contributed by atoms with van der Waals surface area (Å²) in [6, 6.07) is 9.20. The Bertz CT molecular complexity index is 684. The van der Waals surface area contributed by atoms with Crippen molar-refractivity contribution in [2.24, 2.45) is 0 Å². The van der Waals surface area contributed by atoms with Gasteiger partial charge in [0.05, 0.1) is 13.0 Å². The summed E-state index contributed by atoms with van der Waals surface area (Å²) in [5, 5.41) is 1.03. The van der Waals surface area contributed by atoms with Gasteiger partial charge in [-0.1, -0.05) is 135 Å². The molecule has 0 aromatic heterocycles. The Morgan fingerprint density at radius 3 is 1.52 bits per heavy atom. The molecule has 0 aliphatic carbocycles. The minimum absolute atomic E-state index is 0.206. The Kier molecular flexibility index (Phi) is 13.9. The van der Waals surface area contributed by atoms with Crippen molar-refractivity contribution >= 4 is 23.4 Å². The van der Waals surface area contributed by atoms with Crippen LogP contribution in [0.15, 0.2) is 23.1 Å². The molecule has 1 N–H and O–H groups in total. The number of unbranched alkanes of at least 4 members (excludes halogenated alkanes) is 9. The standard InChI is InChI=1S/C26H48O3SSi/c1-5-9-12-15-20-31(21-16-13-10-6-2,22-17-14-11-7-3)26-23-24(8-4)18-19-25(26)30(27,28)29/h18-19,23H,5-17,20-22H2,1-4H3,(H,27,28,29). The molecule has 180 valence electrons. The number of hydrogen-bond acceptors (Lipinski definition) is 2. The van der Waals surface area contributed by atoms with Gasteiger partial charge in [-0.15, -0.1) is 0 Å². The van der Waals surface area contributed by atoms with Gasteiger partial charge in [-0.2, -0.15) is 8.42 Å². The quantitative estimate of drug-likeness (QED) is 0.135. The summed E-state index contributed by atoms with van der Waals surface area (Å²) in [6.07, 6.45) is 15.5. The fourth-order valence-corrected chi connectivity index (χ4v) is 11.9. The van der Waals surface area contributed by atoms with Crippen molar-refractivity contribution in [3.8, 4) is 0 Å². The fraction of sp³-hybridized carbons (Fsp3) is 0.769. The number of aryl methyl sites for hydroxylation is 1. The van der Waals surface area contributed by atoms with Gasteiger partial charge < -0.3 is 0 Å². The Balaban J connectivity index is 3.42. The van der Waals surface area contributed by atoms with Crippen molar-refractivity contribution in [2.45, 2.75) is 134 Å². The van der Waals surface area contributed by atoms with E-state index in [4.69, 9.17) is 0 Å². The summed E-state index contributed by atoms with van der Waals surface area (Å²) >= 11 is 0. The highest BCUT2D eigenvalue weighted by Crippen LogP contribution is 2.32. The van der Waals surface area contributed by atoms with Crippen LogP contribution in [0.2, 0.25) is 18.1 Å². The summed E-state index contributed by atoms with van der Waals surface area (Å²) in [7, 11) is -6.28. The maximum Gasteiger partial charge on any atom is 0.294 e. The molecule has 0 saturated heterocycles. The van der Waals surface area contributed by atoms with Crippen molar-refractivity contribution < 1.29 is 13.0 Å². The van der Waals surface area contributed by atoms with E-state index in [2.05, 4.69) is 33.8 Å². The van der Waals surface area contributed by atoms with E-state index < -0.39 is 18.2 Å². The summed E-state index contributed by atoms with van der Waals surface area (Å²) in [4.78, 5) is 0.206. The van der Waals surface area contributed by atoms with Crippen molar-refractivity contribution in [3.63, 3.8) is 0 Å². The van der Waals surface area contributed by atoms with Crippen molar-refractivity contribution in [2.75, 3.05) is 0 Å². The minimum Gasteiger partial charge on any atom is -0.282 e. The average Bonchev–Trinajstić information content (AvgIpc) is 2.75. The molecule has 5 heteroatoms. The Morgan fingerprint density at radius 1 is 0.710 bits per heavy atom. The van der Waals surface area contributed by atoms with Gasteiger partial charge >= 0.3 is 0 Å². The second-order valence-electron chi connectivity index (χ2n) is 9.37. The van der Waals surface area contributed by atoms with E-state index in [1.807, 2.05) is 6.07 Å². The first-order valence-corrected chi connectivity index (χ1v) is 17.0. The fourth-order valence-electron chi connectivity index (χ4n) is 4.89. The van der Waals surface area contributed by atoms with Crippen LogP contribution in [0.25, 0.3) is 0 Å². The maximum absolute atomic E-state index is 12.4. The van der Waals surface area contributed by atoms with Gasteiger partial charge in [-0.25, -0.2) is 0 Å². The number of hydrogen-bond donors (Lipinski definition) is 1. The van der Waals surface area contributed by atoms with Crippen LogP contribution in [0.4, 0.5) is 0 Å². The lowest BCUT2D eigenvalue weighted by atomic mass is 10.2. The van der Waals surface area contributed by atoms with Gasteiger partial charge in [-0.05, 0) is 23.2 Å². The van der Waals surface area contributed by atoms with Crippen LogP contribution in [-0.4, -0.2) is 21.0 Å². The third-order valence-electron chi connectivity index (χ3n) is 6.83. The van der Waals surface area contributed by atoms with Crippen LogP contribution in [0.3, 0.4) is 0 Å². The smallest absolute Gasteiger partial charge is 0.282 e. The van der Waals surface area contributed by atoms with Crippen LogP contribution >= 0.6 is 0 Å². The van der Waals surface area contributed by atoms with Gasteiger partial charge in [0.15, 0.2) is 0 Å². The molecule has 1 rings (SSSR count). The summed E-state index contributed by atoms with van der Waals surface area (Å²) < 4.78 is 34.9. The minimum atomic E-state index is -4.21. The molecule has 0 aliphatic rings. The zero-order chi connectivity index (χ0) is 23.2. The van der Waals surface area contributed by atoms with Crippen LogP contribution in [-0.2, 0) is 16.5 Å². The van der Waals surface area contributed by atoms with E-state index in [9.17, 15) is 13.0 Å². The van der Waals surface area contributed by atoms with Gasteiger partial charge in [0, 0.05) is 0 Å². The highest BCUT2D eigenvalue weighted by molar-refractivity contribution is 7.86. The van der Waals surface area contributed by atoms with Crippen LogP contribution in [0.5, 0.6) is 0 Å². The van der Waals surface area contributed by atoms with Crippen LogP contribution in [0, 0.1) is 0 Å². The van der Waals surface area contributed by atoms with Gasteiger partial charge in [0.2, 0.25) is 0 Å². The van der Waals surface area contributed by atoms with E-state index >= 15 is 0 Å². The van der Waals surface area contributed by atoms with E-state index in [1.54, 1.807) is 6.07 Å². The van der Waals surface area contributed by atoms with E-state index in [0.717, 1.165) is 29.7 Å². The zero-order valence-electron chi connectivity index (χ0n) is 20.7. The lowest BCUT2D eigenvalue weighted by Crippen LogP contribution is -2.50. The average molecular weight is 469 g/mol. The zero-order valence-corrected chi connectivity index (χ0v) is 22.5. The van der Waals surface area contributed by atoms with Crippen molar-refractivity contribution in [1.29, 1.82) is 0 Å². The second kappa shape index (κ2) is 15.2. The molecule has 0 fully saturated rings. The molecule has 1 aromatic rings. The van der Waals surface area contributed by atoms with Gasteiger partial charge in [0.25, 0.3) is 10.1 Å². The molecule has 0 unspecified atom stereocenters. The molecule has 0 amide bonds. The molecular formula is C26H48O3SSi. The molecule has 3 nitrogen and oxygen atoms in total. The van der Waals surface area contributed by atoms with Crippen LogP contribution < -0.4 is 5.19 Å². The molecule has 31 heavy (non-hydrogen) atoms. The molecule has 1 aromatic carbocycles. The molecule has 0 heterocycles. The van der Waals surface area contributed by atoms with Gasteiger partial charge in [-0.3, -0.25) is 4.55 Å². The summed E-state index contributed by atoms with van der Waals surface area (Å²) in [5.41, 5.74) is 1.19. The van der Waals surface area contributed by atoms with Gasteiger partial charge in [0.1, 0.15) is 0 Å². The molecule has 0 saturated carbocycles. The van der Waals surface area contributed by atoms with E-state index in [1.165, 1.54) is 82.6 Å². The summed E-state index contributed by atoms with van der Waals surface area (Å²) in [6.45, 7) is 8.84. The predicted octanol–water partition coefficient (Wildman–Crippen LogP) is 7.89. The highest BCUT2D eigenvalue weighted by Gasteiger charge is 2.37.